The molecule has 2 aromatic rings. The van der Waals surface area contributed by atoms with Gasteiger partial charge in [-0.05, 0) is 35.4 Å². The molecular weight excluding hydrogens is 358 g/mol. The van der Waals surface area contributed by atoms with Crippen molar-refractivity contribution in [3.05, 3.63) is 64.1 Å². The second kappa shape index (κ2) is 5.70. The molecule has 0 radical (unpaired) electrons. The summed E-state index contributed by atoms with van der Waals surface area (Å²) >= 11 is 3.46. The van der Waals surface area contributed by atoms with E-state index in [2.05, 4.69) is 20.9 Å². The van der Waals surface area contributed by atoms with E-state index in [9.17, 15) is 9.90 Å². The van der Waals surface area contributed by atoms with Crippen LogP contribution >= 0.6 is 15.9 Å². The van der Waals surface area contributed by atoms with Crippen LogP contribution in [0, 0.1) is 0 Å². The smallest absolute Gasteiger partial charge is 0.193 e. The van der Waals surface area contributed by atoms with Crippen LogP contribution in [0.3, 0.4) is 0 Å². The summed E-state index contributed by atoms with van der Waals surface area (Å²) < 4.78 is 0.877. The lowest BCUT2D eigenvalue weighted by atomic mass is 9.78. The van der Waals surface area contributed by atoms with Gasteiger partial charge in [0.25, 0.3) is 0 Å². The summed E-state index contributed by atoms with van der Waals surface area (Å²) in [5.74, 6) is 0.398. The van der Waals surface area contributed by atoms with E-state index in [1.54, 1.807) is 30.1 Å². The standard InChI is InChI=1S/C17H16BrN3O2/c1-21-15(10-22)17(20-16(21)19,11-4-2-6-13(18)8-11)12-5-3-7-14(23)9-12/h2-10,15,23H,1H3,(H2,19,20). The van der Waals surface area contributed by atoms with Crippen LogP contribution in [0.4, 0.5) is 0 Å². The minimum Gasteiger partial charge on any atom is -0.508 e. The summed E-state index contributed by atoms with van der Waals surface area (Å²) in [6, 6.07) is 13.8. The van der Waals surface area contributed by atoms with Crippen LogP contribution in [0.25, 0.3) is 0 Å². The van der Waals surface area contributed by atoms with E-state index >= 15 is 0 Å². The highest BCUT2D eigenvalue weighted by molar-refractivity contribution is 9.10. The Hall–Kier alpha value is -2.34. The summed E-state index contributed by atoms with van der Waals surface area (Å²) in [5, 5.41) is 9.89. The van der Waals surface area contributed by atoms with Gasteiger partial charge in [0, 0.05) is 11.5 Å². The Morgan fingerprint density at radius 2 is 1.91 bits per heavy atom. The van der Waals surface area contributed by atoms with E-state index in [1.807, 2.05) is 30.3 Å². The van der Waals surface area contributed by atoms with Gasteiger partial charge in [0.15, 0.2) is 5.96 Å². The number of nitrogens with zero attached hydrogens (tertiary/aromatic N) is 2. The zero-order valence-electron chi connectivity index (χ0n) is 12.5. The Kier molecular flexibility index (Phi) is 3.85. The van der Waals surface area contributed by atoms with Crippen molar-refractivity contribution >= 4 is 28.2 Å². The molecular formula is C17H16BrN3O2. The first kappa shape index (κ1) is 15.6. The van der Waals surface area contributed by atoms with Gasteiger partial charge in [0.2, 0.25) is 0 Å². The Bertz CT molecular complexity index is 745. The molecule has 0 aromatic heterocycles. The molecule has 3 rings (SSSR count). The van der Waals surface area contributed by atoms with Gasteiger partial charge in [-0.3, -0.25) is 0 Å². The number of likely N-dealkylation sites (N-methyl/N-ethyl adjacent to an activating group) is 1. The number of aliphatic imine (C=N–C) groups is 1. The fourth-order valence-corrected chi connectivity index (χ4v) is 3.44. The second-order valence-corrected chi connectivity index (χ2v) is 6.40. The highest BCUT2D eigenvalue weighted by Crippen LogP contribution is 2.43. The lowest BCUT2D eigenvalue weighted by molar-refractivity contribution is -0.112. The van der Waals surface area contributed by atoms with Gasteiger partial charge in [-0.2, -0.15) is 0 Å². The number of aromatic hydroxyl groups is 1. The zero-order valence-corrected chi connectivity index (χ0v) is 14.1. The Morgan fingerprint density at radius 3 is 2.52 bits per heavy atom. The van der Waals surface area contributed by atoms with Crippen LogP contribution in [-0.4, -0.2) is 35.3 Å². The number of halogens is 1. The first-order chi connectivity index (χ1) is 11.0. The minimum atomic E-state index is -0.997. The predicted octanol–water partition coefficient (Wildman–Crippen LogP) is 2.23. The number of guanidine groups is 1. The summed E-state index contributed by atoms with van der Waals surface area (Å²) in [6.45, 7) is 0. The molecule has 0 spiro atoms. The fourth-order valence-electron chi connectivity index (χ4n) is 3.04. The van der Waals surface area contributed by atoms with Crippen molar-refractivity contribution in [2.75, 3.05) is 7.05 Å². The molecule has 3 N–H and O–H groups in total. The zero-order chi connectivity index (χ0) is 16.6. The molecule has 0 bridgehead atoms. The maximum atomic E-state index is 11.9. The van der Waals surface area contributed by atoms with Crippen LogP contribution in [0.5, 0.6) is 5.75 Å². The lowest BCUT2D eigenvalue weighted by Crippen LogP contribution is -2.46. The maximum absolute atomic E-state index is 11.9. The lowest BCUT2D eigenvalue weighted by Gasteiger charge is -2.33. The van der Waals surface area contributed by atoms with Gasteiger partial charge in [-0.1, -0.05) is 40.2 Å². The molecule has 2 atom stereocenters. The third-order valence-electron chi connectivity index (χ3n) is 4.18. The largest absolute Gasteiger partial charge is 0.508 e. The van der Waals surface area contributed by atoms with Crippen molar-refractivity contribution in [3.63, 3.8) is 0 Å². The summed E-state index contributed by atoms with van der Waals surface area (Å²) in [4.78, 5) is 18.1. The topological polar surface area (TPSA) is 78.9 Å². The number of aldehydes is 1. The van der Waals surface area contributed by atoms with Crippen LogP contribution < -0.4 is 5.73 Å². The second-order valence-electron chi connectivity index (χ2n) is 5.49. The molecule has 1 aliphatic rings. The molecule has 5 nitrogen and oxygen atoms in total. The summed E-state index contributed by atoms with van der Waals surface area (Å²) in [7, 11) is 1.74. The number of phenolic OH excluding ortho intramolecular Hbond substituents is 1. The van der Waals surface area contributed by atoms with E-state index < -0.39 is 11.6 Å². The summed E-state index contributed by atoms with van der Waals surface area (Å²) in [5.41, 5.74) is 6.55. The van der Waals surface area contributed by atoms with Crippen LogP contribution in [-0.2, 0) is 10.3 Å². The molecule has 1 aliphatic heterocycles. The van der Waals surface area contributed by atoms with Crippen LogP contribution in [0.1, 0.15) is 11.1 Å². The molecule has 118 valence electrons. The maximum Gasteiger partial charge on any atom is 0.193 e. The molecule has 0 aliphatic carbocycles. The molecule has 0 saturated heterocycles. The van der Waals surface area contributed by atoms with Gasteiger partial charge in [0.05, 0.1) is 0 Å². The van der Waals surface area contributed by atoms with E-state index in [0.29, 0.717) is 5.56 Å². The molecule has 0 saturated carbocycles. The van der Waals surface area contributed by atoms with Gasteiger partial charge in [-0.15, -0.1) is 0 Å². The molecule has 23 heavy (non-hydrogen) atoms. The number of hydrogen-bond donors (Lipinski definition) is 2. The van der Waals surface area contributed by atoms with Crippen molar-refractivity contribution in [2.45, 2.75) is 11.6 Å². The highest BCUT2D eigenvalue weighted by Gasteiger charge is 2.49. The number of rotatable bonds is 3. The number of nitrogens with two attached hydrogens (primary N) is 1. The molecule has 1 heterocycles. The molecule has 0 amide bonds. The average Bonchev–Trinajstić information content (AvgIpc) is 2.79. The quantitative estimate of drug-likeness (QED) is 0.808. The first-order valence-corrected chi connectivity index (χ1v) is 7.87. The Morgan fingerprint density at radius 1 is 1.26 bits per heavy atom. The first-order valence-electron chi connectivity index (χ1n) is 7.08. The third kappa shape index (κ3) is 2.39. The van der Waals surface area contributed by atoms with Crippen molar-refractivity contribution in [1.82, 2.24) is 4.90 Å². The van der Waals surface area contributed by atoms with E-state index in [4.69, 9.17) is 5.73 Å². The number of benzene rings is 2. The Balaban J connectivity index is 2.33. The normalized spacial score (nSPS) is 23.7. The van der Waals surface area contributed by atoms with Crippen molar-refractivity contribution in [3.8, 4) is 5.75 Å². The van der Waals surface area contributed by atoms with E-state index in [-0.39, 0.29) is 11.7 Å². The van der Waals surface area contributed by atoms with Gasteiger partial charge >= 0.3 is 0 Å². The highest BCUT2D eigenvalue weighted by atomic mass is 79.9. The number of phenols is 1. The predicted molar refractivity (Wildman–Crippen MR) is 92.3 cm³/mol. The fraction of sp³-hybridized carbons (Fsp3) is 0.176. The van der Waals surface area contributed by atoms with Crippen molar-refractivity contribution in [1.29, 1.82) is 0 Å². The van der Waals surface area contributed by atoms with Gasteiger partial charge in [0.1, 0.15) is 23.6 Å². The SMILES string of the molecule is CN1C(N)=NC(c2cccc(O)c2)(c2cccc(Br)c2)C1C=O. The molecule has 6 heteroatoms. The Labute approximate surface area is 142 Å². The third-order valence-corrected chi connectivity index (χ3v) is 4.67. The number of carbonyl (C=O) groups excluding carboxylic acids is 1. The van der Waals surface area contributed by atoms with E-state index in [0.717, 1.165) is 16.3 Å². The van der Waals surface area contributed by atoms with Crippen molar-refractivity contribution in [2.24, 2.45) is 10.7 Å². The molecule has 2 unspecified atom stereocenters. The van der Waals surface area contributed by atoms with E-state index in [1.165, 1.54) is 0 Å². The minimum absolute atomic E-state index is 0.116. The van der Waals surface area contributed by atoms with Gasteiger partial charge in [-0.25, -0.2) is 4.99 Å². The average molecular weight is 374 g/mol. The van der Waals surface area contributed by atoms with Crippen LogP contribution in [0.2, 0.25) is 0 Å². The van der Waals surface area contributed by atoms with Crippen molar-refractivity contribution < 1.29 is 9.90 Å². The monoisotopic (exact) mass is 373 g/mol. The molecule has 0 fully saturated rings. The van der Waals surface area contributed by atoms with Crippen LogP contribution in [0.15, 0.2) is 58.0 Å². The van der Waals surface area contributed by atoms with Gasteiger partial charge < -0.3 is 20.5 Å². The number of carbonyl (C=O) groups is 1. The molecule has 2 aromatic carbocycles. The number of hydrogen-bond acceptors (Lipinski definition) is 5. The summed E-state index contributed by atoms with van der Waals surface area (Å²) in [6.07, 6.45) is 0.842.